The second-order valence-corrected chi connectivity index (χ2v) is 5.06. The molecular weight excluding hydrogens is 258 g/mol. The predicted molar refractivity (Wildman–Crippen MR) is 75.1 cm³/mol. The number of nitrogens with zero attached hydrogens (tertiary/aromatic N) is 4. The van der Waals surface area contributed by atoms with E-state index in [-0.39, 0.29) is 0 Å². The normalized spacial score (nSPS) is 15.2. The molecule has 2 heterocycles. The Balaban J connectivity index is 1.86. The molecule has 19 heavy (non-hydrogen) atoms. The number of nitriles is 1. The van der Waals surface area contributed by atoms with Gasteiger partial charge in [-0.05, 0) is 12.1 Å². The largest absolute Gasteiger partial charge is 0.344 e. The van der Waals surface area contributed by atoms with Crippen LogP contribution >= 0.6 is 11.5 Å². The summed E-state index contributed by atoms with van der Waals surface area (Å²) < 4.78 is 4.40. The van der Waals surface area contributed by atoms with Gasteiger partial charge in [-0.15, -0.1) is 0 Å². The lowest BCUT2D eigenvalue weighted by Crippen LogP contribution is -2.43. The van der Waals surface area contributed by atoms with Gasteiger partial charge in [0.25, 0.3) is 0 Å². The zero-order valence-electron chi connectivity index (χ0n) is 10.3. The maximum Gasteiger partial charge on any atom is 0.205 e. The number of anilines is 1. The van der Waals surface area contributed by atoms with Crippen LogP contribution in [0.15, 0.2) is 24.3 Å². The van der Waals surface area contributed by atoms with Crippen molar-refractivity contribution >= 4 is 16.7 Å². The van der Waals surface area contributed by atoms with Gasteiger partial charge in [-0.1, -0.05) is 12.1 Å². The third kappa shape index (κ3) is 2.57. The van der Waals surface area contributed by atoms with E-state index in [1.807, 2.05) is 18.2 Å². The zero-order chi connectivity index (χ0) is 13.1. The predicted octanol–water partition coefficient (Wildman–Crippen LogP) is 1.49. The minimum atomic E-state index is 0.635. The standard InChI is InChI=1S/C13H13N5S/c14-9-10-2-1-3-11(8-10)12-16-13(19-17-12)18-6-4-15-5-7-18/h1-3,8,15H,4-7H2. The number of benzene rings is 1. The average Bonchev–Trinajstić information content (AvgIpc) is 2.98. The zero-order valence-corrected chi connectivity index (χ0v) is 11.2. The Hall–Kier alpha value is -1.97. The van der Waals surface area contributed by atoms with E-state index in [4.69, 9.17) is 5.26 Å². The van der Waals surface area contributed by atoms with Gasteiger partial charge in [-0.3, -0.25) is 0 Å². The lowest BCUT2D eigenvalue weighted by molar-refractivity contribution is 0.588. The Morgan fingerprint density at radius 1 is 1.32 bits per heavy atom. The first-order chi connectivity index (χ1) is 9.36. The monoisotopic (exact) mass is 271 g/mol. The summed E-state index contributed by atoms with van der Waals surface area (Å²) in [5.41, 5.74) is 1.53. The highest BCUT2D eigenvalue weighted by Crippen LogP contribution is 2.24. The smallest absolute Gasteiger partial charge is 0.205 e. The SMILES string of the molecule is N#Cc1cccc(-c2nsc(N3CCNCC3)n2)c1. The van der Waals surface area contributed by atoms with Crippen molar-refractivity contribution in [1.82, 2.24) is 14.7 Å². The molecule has 1 aromatic carbocycles. The summed E-state index contributed by atoms with van der Waals surface area (Å²) in [6, 6.07) is 9.54. The van der Waals surface area contributed by atoms with Crippen LogP contribution in [0.25, 0.3) is 11.4 Å². The Morgan fingerprint density at radius 3 is 2.95 bits per heavy atom. The van der Waals surface area contributed by atoms with Crippen LogP contribution in [0.2, 0.25) is 0 Å². The van der Waals surface area contributed by atoms with Crippen LogP contribution in [-0.2, 0) is 0 Å². The molecule has 0 bridgehead atoms. The van der Waals surface area contributed by atoms with E-state index >= 15 is 0 Å². The third-order valence-electron chi connectivity index (χ3n) is 3.05. The van der Waals surface area contributed by atoms with Crippen LogP contribution in [-0.4, -0.2) is 35.5 Å². The fourth-order valence-electron chi connectivity index (χ4n) is 2.05. The maximum absolute atomic E-state index is 8.91. The van der Waals surface area contributed by atoms with Crippen LogP contribution in [0.3, 0.4) is 0 Å². The molecule has 0 aliphatic carbocycles. The summed E-state index contributed by atoms with van der Waals surface area (Å²) in [6.07, 6.45) is 0. The van der Waals surface area contributed by atoms with Crippen molar-refractivity contribution in [3.8, 4) is 17.5 Å². The molecule has 1 aliphatic heterocycles. The van der Waals surface area contributed by atoms with E-state index in [0.29, 0.717) is 11.4 Å². The van der Waals surface area contributed by atoms with Crippen molar-refractivity contribution in [2.24, 2.45) is 0 Å². The van der Waals surface area contributed by atoms with E-state index in [0.717, 1.165) is 36.9 Å². The van der Waals surface area contributed by atoms with E-state index < -0.39 is 0 Å². The molecule has 1 aromatic heterocycles. The molecule has 3 rings (SSSR count). The first kappa shape index (κ1) is 12.1. The number of hydrogen-bond acceptors (Lipinski definition) is 6. The van der Waals surface area contributed by atoms with Crippen LogP contribution in [0, 0.1) is 11.3 Å². The minimum absolute atomic E-state index is 0.635. The highest BCUT2D eigenvalue weighted by molar-refractivity contribution is 7.09. The van der Waals surface area contributed by atoms with Crippen LogP contribution in [0.1, 0.15) is 5.56 Å². The first-order valence-corrected chi connectivity index (χ1v) is 6.94. The van der Waals surface area contributed by atoms with Gasteiger partial charge in [-0.25, -0.2) is 0 Å². The van der Waals surface area contributed by atoms with Gasteiger partial charge in [0.05, 0.1) is 11.6 Å². The van der Waals surface area contributed by atoms with Crippen molar-refractivity contribution in [3.05, 3.63) is 29.8 Å². The molecule has 0 spiro atoms. The molecule has 1 N–H and O–H groups in total. The second-order valence-electron chi connectivity index (χ2n) is 4.33. The number of nitrogens with one attached hydrogen (secondary N) is 1. The van der Waals surface area contributed by atoms with Gasteiger partial charge in [0.1, 0.15) is 0 Å². The topological polar surface area (TPSA) is 64.8 Å². The summed E-state index contributed by atoms with van der Waals surface area (Å²) in [4.78, 5) is 6.82. The molecule has 1 saturated heterocycles. The Labute approximate surface area is 115 Å². The highest BCUT2D eigenvalue weighted by Gasteiger charge is 2.15. The summed E-state index contributed by atoms with van der Waals surface area (Å²) >= 11 is 1.42. The fourth-order valence-corrected chi connectivity index (χ4v) is 2.78. The number of rotatable bonds is 2. The second kappa shape index (κ2) is 5.34. The van der Waals surface area contributed by atoms with Crippen molar-refractivity contribution in [2.45, 2.75) is 0 Å². The molecule has 0 radical (unpaired) electrons. The lowest BCUT2D eigenvalue weighted by atomic mass is 10.1. The molecule has 0 saturated carbocycles. The lowest BCUT2D eigenvalue weighted by Gasteiger charge is -2.26. The maximum atomic E-state index is 8.91. The van der Waals surface area contributed by atoms with Crippen molar-refractivity contribution in [2.75, 3.05) is 31.1 Å². The van der Waals surface area contributed by atoms with Gasteiger partial charge in [0, 0.05) is 43.3 Å². The van der Waals surface area contributed by atoms with E-state index in [1.165, 1.54) is 11.5 Å². The number of piperazine rings is 1. The van der Waals surface area contributed by atoms with Gasteiger partial charge >= 0.3 is 0 Å². The quantitative estimate of drug-likeness (QED) is 0.896. The Bertz CT molecular complexity index is 609. The molecular formula is C13H13N5S. The minimum Gasteiger partial charge on any atom is -0.344 e. The highest BCUT2D eigenvalue weighted by atomic mass is 32.1. The van der Waals surface area contributed by atoms with E-state index in [1.54, 1.807) is 6.07 Å². The summed E-state index contributed by atoms with van der Waals surface area (Å²) in [6.45, 7) is 3.90. The molecule has 0 unspecified atom stereocenters. The molecule has 1 fully saturated rings. The first-order valence-electron chi connectivity index (χ1n) is 6.17. The van der Waals surface area contributed by atoms with Gasteiger partial charge in [0.2, 0.25) is 5.13 Å². The number of hydrogen-bond donors (Lipinski definition) is 1. The average molecular weight is 271 g/mol. The van der Waals surface area contributed by atoms with Gasteiger partial charge < -0.3 is 10.2 Å². The molecule has 5 nitrogen and oxygen atoms in total. The van der Waals surface area contributed by atoms with Crippen LogP contribution in [0.5, 0.6) is 0 Å². The molecule has 0 atom stereocenters. The van der Waals surface area contributed by atoms with Crippen molar-refractivity contribution in [1.29, 1.82) is 5.26 Å². The summed E-state index contributed by atoms with van der Waals surface area (Å²) in [7, 11) is 0. The molecule has 2 aromatic rings. The number of aromatic nitrogens is 2. The Morgan fingerprint density at radius 2 is 2.16 bits per heavy atom. The molecule has 1 aliphatic rings. The molecule has 6 heteroatoms. The van der Waals surface area contributed by atoms with Crippen LogP contribution in [0.4, 0.5) is 5.13 Å². The fraction of sp³-hybridized carbons (Fsp3) is 0.308. The summed E-state index contributed by atoms with van der Waals surface area (Å²) in [5, 5.41) is 13.2. The van der Waals surface area contributed by atoms with Gasteiger partial charge in [-0.2, -0.15) is 14.6 Å². The van der Waals surface area contributed by atoms with Crippen molar-refractivity contribution < 1.29 is 0 Å². The van der Waals surface area contributed by atoms with Gasteiger partial charge in [0.15, 0.2) is 5.82 Å². The molecule has 96 valence electrons. The molecule has 0 amide bonds. The Kier molecular flexibility index (Phi) is 3.40. The van der Waals surface area contributed by atoms with E-state index in [9.17, 15) is 0 Å². The van der Waals surface area contributed by atoms with E-state index in [2.05, 4.69) is 25.6 Å². The van der Waals surface area contributed by atoms with Crippen LogP contribution < -0.4 is 10.2 Å². The summed E-state index contributed by atoms with van der Waals surface area (Å²) in [5.74, 6) is 0.704. The third-order valence-corrected chi connectivity index (χ3v) is 3.83. The van der Waals surface area contributed by atoms with Crippen molar-refractivity contribution in [3.63, 3.8) is 0 Å².